The van der Waals surface area contributed by atoms with Gasteiger partial charge >= 0.3 is 11.9 Å². The second-order valence-electron chi connectivity index (χ2n) is 10.1. The summed E-state index contributed by atoms with van der Waals surface area (Å²) < 4.78 is 11.0. The largest absolute Gasteiger partial charge is 0.463 e. The van der Waals surface area contributed by atoms with Crippen LogP contribution in [0.1, 0.15) is 86.0 Å². The van der Waals surface area contributed by atoms with E-state index in [0.717, 1.165) is 51.2 Å². The summed E-state index contributed by atoms with van der Waals surface area (Å²) in [5, 5.41) is 0. The van der Waals surface area contributed by atoms with Gasteiger partial charge in [0.2, 0.25) is 0 Å². The van der Waals surface area contributed by atoms with Gasteiger partial charge in [0, 0.05) is 26.2 Å². The SMILES string of the molecule is CC(=O)OC1CCC2(C)C(CCC(C3=C(C)C(C(C)OC(C)=O)CC3)C2CC=O)C1. The highest BCUT2D eigenvalue weighted by Gasteiger charge is 2.52. The molecule has 2 saturated carbocycles. The van der Waals surface area contributed by atoms with Crippen LogP contribution in [-0.4, -0.2) is 30.4 Å². The van der Waals surface area contributed by atoms with E-state index in [0.29, 0.717) is 24.2 Å². The van der Waals surface area contributed by atoms with E-state index in [2.05, 4.69) is 13.8 Å². The lowest BCUT2D eigenvalue weighted by molar-refractivity contribution is -0.154. The van der Waals surface area contributed by atoms with Crippen molar-refractivity contribution >= 4 is 18.2 Å². The Balaban J connectivity index is 1.82. The van der Waals surface area contributed by atoms with Crippen LogP contribution in [0.4, 0.5) is 0 Å². The Morgan fingerprint density at radius 2 is 1.90 bits per heavy atom. The first-order valence-electron chi connectivity index (χ1n) is 11.6. The molecule has 168 valence electrons. The van der Waals surface area contributed by atoms with Crippen molar-refractivity contribution in [3.05, 3.63) is 11.1 Å². The molecule has 0 aromatic rings. The Morgan fingerprint density at radius 1 is 1.17 bits per heavy atom. The molecule has 2 fully saturated rings. The minimum absolute atomic E-state index is 0.0235. The first-order chi connectivity index (χ1) is 14.2. The van der Waals surface area contributed by atoms with Gasteiger partial charge in [-0.1, -0.05) is 18.1 Å². The number of ether oxygens (including phenoxy) is 2. The molecule has 0 aromatic carbocycles. The minimum atomic E-state index is -0.222. The van der Waals surface area contributed by atoms with Gasteiger partial charge in [-0.3, -0.25) is 9.59 Å². The number of carbonyl (C=O) groups is 3. The molecule has 0 spiro atoms. The molecule has 3 aliphatic rings. The molecular weight excluding hydrogens is 380 g/mol. The third-order valence-electron chi connectivity index (χ3n) is 8.48. The van der Waals surface area contributed by atoms with Crippen molar-refractivity contribution in [2.75, 3.05) is 0 Å². The molecule has 3 aliphatic carbocycles. The fourth-order valence-electron chi connectivity index (χ4n) is 7.03. The third kappa shape index (κ3) is 4.50. The summed E-state index contributed by atoms with van der Waals surface area (Å²) in [6.07, 6.45) is 8.71. The Morgan fingerprint density at radius 3 is 2.53 bits per heavy atom. The van der Waals surface area contributed by atoms with Crippen molar-refractivity contribution in [3.63, 3.8) is 0 Å². The summed E-state index contributed by atoms with van der Waals surface area (Å²) >= 11 is 0. The first kappa shape index (κ1) is 23.0. The maximum absolute atomic E-state index is 11.7. The Kier molecular flexibility index (Phi) is 7.09. The molecule has 5 nitrogen and oxygen atoms in total. The zero-order chi connectivity index (χ0) is 22.1. The lowest BCUT2D eigenvalue weighted by Gasteiger charge is -2.55. The van der Waals surface area contributed by atoms with Gasteiger partial charge in [-0.15, -0.1) is 0 Å². The highest BCUT2D eigenvalue weighted by atomic mass is 16.5. The first-order valence-corrected chi connectivity index (χ1v) is 11.6. The standard InChI is InChI=1S/C25H38O5/c1-15-21(16(2)29-17(3)27)8-9-22(15)23-7-6-19-14-20(30-18(4)28)10-12-25(19,5)24(23)11-13-26/h13,16,19-21,23-24H,6-12,14H2,1-5H3. The van der Waals surface area contributed by atoms with E-state index in [1.54, 1.807) is 0 Å². The van der Waals surface area contributed by atoms with E-state index in [1.165, 1.54) is 25.0 Å². The van der Waals surface area contributed by atoms with Gasteiger partial charge in [0.1, 0.15) is 18.5 Å². The van der Waals surface area contributed by atoms with Crippen LogP contribution in [-0.2, 0) is 23.9 Å². The Labute approximate surface area is 181 Å². The Bertz CT molecular complexity index is 710. The summed E-state index contributed by atoms with van der Waals surface area (Å²) in [5.41, 5.74) is 2.99. The van der Waals surface area contributed by atoms with E-state index < -0.39 is 0 Å². The summed E-state index contributed by atoms with van der Waals surface area (Å²) in [4.78, 5) is 34.5. The predicted molar refractivity (Wildman–Crippen MR) is 115 cm³/mol. The molecule has 7 unspecified atom stereocenters. The fourth-order valence-corrected chi connectivity index (χ4v) is 7.03. The van der Waals surface area contributed by atoms with Crippen molar-refractivity contribution in [2.24, 2.45) is 29.1 Å². The van der Waals surface area contributed by atoms with E-state index in [4.69, 9.17) is 9.47 Å². The number of carbonyl (C=O) groups excluding carboxylic acids is 3. The van der Waals surface area contributed by atoms with Crippen LogP contribution in [0, 0.1) is 29.1 Å². The molecule has 0 saturated heterocycles. The molecule has 0 aromatic heterocycles. The molecule has 0 heterocycles. The van der Waals surface area contributed by atoms with Crippen molar-refractivity contribution in [3.8, 4) is 0 Å². The number of aldehydes is 1. The lowest BCUT2D eigenvalue weighted by atomic mass is 9.50. The normalized spacial score (nSPS) is 37.3. The molecule has 0 bridgehead atoms. The number of hydrogen-bond donors (Lipinski definition) is 0. The van der Waals surface area contributed by atoms with Gasteiger partial charge in [0.05, 0.1) is 0 Å². The molecule has 0 amide bonds. The van der Waals surface area contributed by atoms with E-state index >= 15 is 0 Å². The van der Waals surface area contributed by atoms with Crippen LogP contribution in [0.5, 0.6) is 0 Å². The third-order valence-corrected chi connectivity index (χ3v) is 8.48. The number of esters is 2. The zero-order valence-corrected chi connectivity index (χ0v) is 19.2. The highest BCUT2D eigenvalue weighted by molar-refractivity contribution is 5.66. The van der Waals surface area contributed by atoms with Crippen LogP contribution in [0.3, 0.4) is 0 Å². The molecule has 0 aliphatic heterocycles. The van der Waals surface area contributed by atoms with Crippen LogP contribution in [0.2, 0.25) is 0 Å². The van der Waals surface area contributed by atoms with Crippen molar-refractivity contribution in [1.82, 2.24) is 0 Å². The average Bonchev–Trinajstić information content (AvgIpc) is 3.03. The molecule has 0 N–H and O–H groups in total. The summed E-state index contributed by atoms with van der Waals surface area (Å²) in [7, 11) is 0. The highest BCUT2D eigenvalue weighted by Crippen LogP contribution is 2.59. The summed E-state index contributed by atoms with van der Waals surface area (Å²) in [6, 6.07) is 0. The van der Waals surface area contributed by atoms with E-state index in [1.807, 2.05) is 6.92 Å². The van der Waals surface area contributed by atoms with E-state index in [9.17, 15) is 14.4 Å². The van der Waals surface area contributed by atoms with Crippen molar-refractivity contribution in [1.29, 1.82) is 0 Å². The number of fused-ring (bicyclic) bond motifs is 1. The van der Waals surface area contributed by atoms with Gasteiger partial charge in [-0.2, -0.15) is 0 Å². The molecule has 3 rings (SSSR count). The van der Waals surface area contributed by atoms with Gasteiger partial charge in [-0.05, 0) is 82.0 Å². The quantitative estimate of drug-likeness (QED) is 0.344. The fraction of sp³-hybridized carbons (Fsp3) is 0.800. The number of allylic oxidation sites excluding steroid dienone is 1. The van der Waals surface area contributed by atoms with Gasteiger partial charge < -0.3 is 14.3 Å². The molecule has 7 atom stereocenters. The molecular formula is C25H38O5. The monoisotopic (exact) mass is 418 g/mol. The summed E-state index contributed by atoms with van der Waals surface area (Å²) in [6.45, 7) is 9.53. The number of hydrogen-bond acceptors (Lipinski definition) is 5. The van der Waals surface area contributed by atoms with Gasteiger partial charge in [-0.25, -0.2) is 0 Å². The smallest absolute Gasteiger partial charge is 0.302 e. The van der Waals surface area contributed by atoms with E-state index in [-0.39, 0.29) is 35.5 Å². The zero-order valence-electron chi connectivity index (χ0n) is 19.2. The minimum Gasteiger partial charge on any atom is -0.463 e. The van der Waals surface area contributed by atoms with Gasteiger partial charge in [0.15, 0.2) is 0 Å². The average molecular weight is 419 g/mol. The Hall–Kier alpha value is -1.65. The summed E-state index contributed by atoms with van der Waals surface area (Å²) in [5.74, 6) is 1.12. The van der Waals surface area contributed by atoms with Crippen LogP contribution < -0.4 is 0 Å². The van der Waals surface area contributed by atoms with Crippen molar-refractivity contribution in [2.45, 2.75) is 98.2 Å². The van der Waals surface area contributed by atoms with Crippen LogP contribution >= 0.6 is 0 Å². The number of rotatable bonds is 6. The molecule has 30 heavy (non-hydrogen) atoms. The molecule has 0 radical (unpaired) electrons. The second-order valence-corrected chi connectivity index (χ2v) is 10.1. The maximum Gasteiger partial charge on any atom is 0.302 e. The second kappa shape index (κ2) is 9.23. The van der Waals surface area contributed by atoms with Crippen LogP contribution in [0.25, 0.3) is 0 Å². The predicted octanol–water partition coefficient (Wildman–Crippen LogP) is 5.02. The lowest BCUT2D eigenvalue weighted by Crippen LogP contribution is -2.49. The van der Waals surface area contributed by atoms with Gasteiger partial charge in [0.25, 0.3) is 0 Å². The van der Waals surface area contributed by atoms with Crippen molar-refractivity contribution < 1.29 is 23.9 Å². The van der Waals surface area contributed by atoms with Crippen LogP contribution in [0.15, 0.2) is 11.1 Å². The maximum atomic E-state index is 11.7. The molecule has 5 heteroatoms. The topological polar surface area (TPSA) is 69.7 Å².